The second-order valence-electron chi connectivity index (χ2n) is 2.99. The minimum Gasteiger partial charge on any atom is -0.380 e. The maximum absolute atomic E-state index is 11.4. The molecule has 15 heavy (non-hydrogen) atoms. The van der Waals surface area contributed by atoms with Gasteiger partial charge in [-0.15, -0.1) is 0 Å². The first-order valence-electron chi connectivity index (χ1n) is 4.48. The van der Waals surface area contributed by atoms with Crippen LogP contribution in [0.2, 0.25) is 0 Å². The van der Waals surface area contributed by atoms with Crippen molar-refractivity contribution in [1.82, 2.24) is 10.1 Å². The van der Waals surface area contributed by atoms with Gasteiger partial charge < -0.3 is 15.0 Å². The molecule has 0 aromatic carbocycles. The van der Waals surface area contributed by atoms with E-state index in [2.05, 4.69) is 15.5 Å². The van der Waals surface area contributed by atoms with Gasteiger partial charge in [0.1, 0.15) is 0 Å². The van der Waals surface area contributed by atoms with Crippen LogP contribution in [0.25, 0.3) is 0 Å². The van der Waals surface area contributed by atoms with E-state index >= 15 is 0 Å². The van der Waals surface area contributed by atoms with Crippen molar-refractivity contribution in [2.75, 3.05) is 19.0 Å². The Bertz CT molecular complexity index is 321. The summed E-state index contributed by atoms with van der Waals surface area (Å²) in [5.41, 5.74) is 5.37. The quantitative estimate of drug-likeness (QED) is 0.696. The summed E-state index contributed by atoms with van der Waals surface area (Å²) in [7, 11) is 1.50. The molecule has 7 nitrogen and oxygen atoms in total. The van der Waals surface area contributed by atoms with Gasteiger partial charge in [0.25, 0.3) is 0 Å². The summed E-state index contributed by atoms with van der Waals surface area (Å²) in [4.78, 5) is 15.2. The predicted molar refractivity (Wildman–Crippen MR) is 52.1 cm³/mol. The van der Waals surface area contributed by atoms with Crippen LogP contribution in [0.5, 0.6) is 0 Å². The fourth-order valence-corrected chi connectivity index (χ4v) is 0.988. The van der Waals surface area contributed by atoms with E-state index in [0.717, 1.165) is 0 Å². The van der Waals surface area contributed by atoms with Crippen LogP contribution in [0, 0.1) is 6.92 Å². The lowest BCUT2D eigenvalue weighted by molar-refractivity contribution is -0.118. The van der Waals surface area contributed by atoms with Crippen LogP contribution in [-0.2, 0) is 9.53 Å². The van der Waals surface area contributed by atoms with Crippen molar-refractivity contribution in [2.24, 2.45) is 5.73 Å². The summed E-state index contributed by atoms with van der Waals surface area (Å²) >= 11 is 0. The molecule has 0 radical (unpaired) electrons. The van der Waals surface area contributed by atoms with Crippen molar-refractivity contribution in [3.8, 4) is 0 Å². The molecule has 0 fully saturated rings. The number of methoxy groups -OCH3 is 1. The summed E-state index contributed by atoms with van der Waals surface area (Å²) < 4.78 is 9.68. The number of nitrogens with one attached hydrogen (secondary N) is 1. The molecule has 3 N–H and O–H groups in total. The lowest BCUT2D eigenvalue weighted by Gasteiger charge is -2.10. The Morgan fingerprint density at radius 2 is 2.47 bits per heavy atom. The maximum Gasteiger partial charge on any atom is 0.328 e. The molecule has 1 unspecified atom stereocenters. The third-order valence-electron chi connectivity index (χ3n) is 1.78. The first-order valence-corrected chi connectivity index (χ1v) is 4.48. The van der Waals surface area contributed by atoms with Crippen LogP contribution >= 0.6 is 0 Å². The number of rotatable bonds is 5. The minimum atomic E-state index is -0.297. The number of anilines is 1. The number of hydrogen-bond acceptors (Lipinski definition) is 6. The Morgan fingerprint density at radius 3 is 2.93 bits per heavy atom. The fraction of sp³-hybridized carbons (Fsp3) is 0.625. The van der Waals surface area contributed by atoms with Crippen LogP contribution < -0.4 is 11.1 Å². The zero-order chi connectivity index (χ0) is 11.3. The molecule has 7 heteroatoms. The lowest BCUT2D eigenvalue weighted by atomic mass is 10.2. The number of aromatic nitrogens is 2. The molecule has 1 aromatic heterocycles. The number of aryl methyl sites for hydroxylation is 1. The van der Waals surface area contributed by atoms with Crippen LogP contribution in [0.15, 0.2) is 4.52 Å². The number of nitrogens with two attached hydrogens (primary N) is 1. The van der Waals surface area contributed by atoms with Crippen molar-refractivity contribution in [3.05, 3.63) is 5.82 Å². The van der Waals surface area contributed by atoms with Gasteiger partial charge in [0.2, 0.25) is 5.91 Å². The first kappa shape index (κ1) is 11.6. The fourth-order valence-electron chi connectivity index (χ4n) is 0.988. The van der Waals surface area contributed by atoms with Gasteiger partial charge in [0.05, 0.1) is 12.5 Å². The second kappa shape index (κ2) is 5.42. The highest BCUT2D eigenvalue weighted by Crippen LogP contribution is 2.04. The van der Waals surface area contributed by atoms with E-state index in [4.69, 9.17) is 15.0 Å². The predicted octanol–water partition coefficient (Wildman–Crippen LogP) is -0.320. The lowest BCUT2D eigenvalue weighted by Crippen LogP contribution is -2.28. The van der Waals surface area contributed by atoms with Crippen LogP contribution in [0.1, 0.15) is 12.2 Å². The van der Waals surface area contributed by atoms with E-state index in [0.29, 0.717) is 5.82 Å². The van der Waals surface area contributed by atoms with E-state index in [-0.39, 0.29) is 31.0 Å². The largest absolute Gasteiger partial charge is 0.380 e. The number of carbonyl (C=O) groups excluding carboxylic acids is 1. The normalized spacial score (nSPS) is 12.5. The Labute approximate surface area is 87.0 Å². The maximum atomic E-state index is 11.4. The smallest absolute Gasteiger partial charge is 0.328 e. The van der Waals surface area contributed by atoms with Crippen molar-refractivity contribution >= 4 is 11.9 Å². The third kappa shape index (κ3) is 3.64. The number of ether oxygens (including phenoxy) is 1. The summed E-state index contributed by atoms with van der Waals surface area (Å²) in [5, 5.41) is 5.98. The van der Waals surface area contributed by atoms with Gasteiger partial charge in [0.15, 0.2) is 5.82 Å². The minimum absolute atomic E-state index is 0.0874. The van der Waals surface area contributed by atoms with Gasteiger partial charge >= 0.3 is 6.01 Å². The van der Waals surface area contributed by atoms with Gasteiger partial charge in [-0.3, -0.25) is 10.1 Å². The number of carbonyl (C=O) groups is 1. The molecule has 0 aliphatic rings. The summed E-state index contributed by atoms with van der Waals surface area (Å²) in [5.74, 6) is 0.198. The van der Waals surface area contributed by atoms with E-state index in [9.17, 15) is 4.79 Å². The van der Waals surface area contributed by atoms with E-state index in [1.807, 2.05) is 0 Å². The van der Waals surface area contributed by atoms with Crippen LogP contribution in [0.3, 0.4) is 0 Å². The first-order chi connectivity index (χ1) is 7.15. The average Bonchev–Trinajstić information content (AvgIpc) is 2.60. The number of nitrogens with zero attached hydrogens (tertiary/aromatic N) is 2. The van der Waals surface area contributed by atoms with Crippen molar-refractivity contribution in [3.63, 3.8) is 0 Å². The summed E-state index contributed by atoms with van der Waals surface area (Å²) in [6.07, 6.45) is -0.136. The molecule has 0 spiro atoms. The molecule has 0 bridgehead atoms. The molecule has 1 atom stereocenters. The zero-order valence-electron chi connectivity index (χ0n) is 8.69. The van der Waals surface area contributed by atoms with E-state index in [1.165, 1.54) is 7.11 Å². The highest BCUT2D eigenvalue weighted by molar-refractivity contribution is 5.88. The molecule has 0 saturated carbocycles. The van der Waals surface area contributed by atoms with Crippen molar-refractivity contribution in [1.29, 1.82) is 0 Å². The molecular weight excluding hydrogens is 200 g/mol. The average molecular weight is 214 g/mol. The van der Waals surface area contributed by atoms with Gasteiger partial charge in [-0.2, -0.15) is 4.98 Å². The number of hydrogen-bond donors (Lipinski definition) is 2. The summed E-state index contributed by atoms with van der Waals surface area (Å²) in [6, 6.07) is 0.0874. The van der Waals surface area contributed by atoms with Crippen molar-refractivity contribution in [2.45, 2.75) is 19.4 Å². The number of amides is 1. The highest BCUT2D eigenvalue weighted by Gasteiger charge is 2.13. The Hall–Kier alpha value is -1.47. The van der Waals surface area contributed by atoms with Gasteiger partial charge in [-0.05, 0) is 6.92 Å². The van der Waals surface area contributed by atoms with Crippen LogP contribution in [0.4, 0.5) is 6.01 Å². The van der Waals surface area contributed by atoms with E-state index < -0.39 is 0 Å². The zero-order valence-corrected chi connectivity index (χ0v) is 8.69. The van der Waals surface area contributed by atoms with Gasteiger partial charge in [-0.25, -0.2) is 0 Å². The molecular formula is C8H14N4O3. The Morgan fingerprint density at radius 1 is 1.73 bits per heavy atom. The SMILES string of the molecule is COC(CN)CC(=O)Nc1nc(C)no1. The molecule has 1 amide bonds. The molecule has 0 aliphatic heterocycles. The Balaban J connectivity index is 2.42. The monoisotopic (exact) mass is 214 g/mol. The van der Waals surface area contributed by atoms with Gasteiger partial charge in [-0.1, -0.05) is 5.16 Å². The summed E-state index contributed by atoms with van der Waals surface area (Å²) in [6.45, 7) is 1.95. The topological polar surface area (TPSA) is 103 Å². The Kier molecular flexibility index (Phi) is 4.19. The molecule has 1 rings (SSSR count). The molecule has 1 heterocycles. The molecule has 0 aliphatic carbocycles. The molecule has 84 valence electrons. The standard InChI is InChI=1S/C8H14N4O3/c1-5-10-8(15-12-5)11-7(13)3-6(4-9)14-2/h6H,3-4,9H2,1-2H3,(H,10,11,12,13). The molecule has 1 aromatic rings. The molecule has 0 saturated heterocycles. The third-order valence-corrected chi connectivity index (χ3v) is 1.78. The van der Waals surface area contributed by atoms with Crippen LogP contribution in [-0.4, -0.2) is 35.8 Å². The van der Waals surface area contributed by atoms with Crippen molar-refractivity contribution < 1.29 is 14.1 Å². The second-order valence-corrected chi connectivity index (χ2v) is 2.99. The van der Waals surface area contributed by atoms with E-state index in [1.54, 1.807) is 6.92 Å². The highest BCUT2D eigenvalue weighted by atomic mass is 16.5. The van der Waals surface area contributed by atoms with Gasteiger partial charge in [0, 0.05) is 13.7 Å².